The monoisotopic (exact) mass is 251 g/mol. The highest BCUT2D eigenvalue weighted by Gasteiger charge is 2.08. The van der Waals surface area contributed by atoms with Crippen LogP contribution in [0.25, 0.3) is 17.0 Å². The van der Waals surface area contributed by atoms with Crippen molar-refractivity contribution in [3.63, 3.8) is 0 Å². The van der Waals surface area contributed by atoms with Crippen LogP contribution in [0.1, 0.15) is 5.69 Å². The van der Waals surface area contributed by atoms with Crippen molar-refractivity contribution < 1.29 is 0 Å². The lowest BCUT2D eigenvalue weighted by Crippen LogP contribution is -2.05. The van der Waals surface area contributed by atoms with E-state index >= 15 is 0 Å². The molecule has 0 unspecified atom stereocenters. The Hall–Kier alpha value is -2.69. The highest BCUT2D eigenvalue weighted by molar-refractivity contribution is 5.76. The number of nitrogens with two attached hydrogens (primary N) is 1. The summed E-state index contributed by atoms with van der Waals surface area (Å²) in [4.78, 5) is 13.1. The fourth-order valence-corrected chi connectivity index (χ4v) is 1.98. The Balaban J connectivity index is 2.18. The highest BCUT2D eigenvalue weighted by Crippen LogP contribution is 2.16. The number of hydrogen-bond acceptors (Lipinski definition) is 4. The van der Waals surface area contributed by atoms with Crippen LogP contribution < -0.4 is 5.73 Å². The largest absolute Gasteiger partial charge is 0.384 e. The van der Waals surface area contributed by atoms with Crippen LogP contribution in [0.15, 0.2) is 49.3 Å². The zero-order valence-electron chi connectivity index (χ0n) is 10.3. The molecular formula is C14H13N5. The molecule has 0 bridgehead atoms. The second-order valence-corrected chi connectivity index (χ2v) is 4.18. The molecule has 0 aliphatic rings. The SMILES string of the molecule is C=CCc1cc(N)nc(-n2cnc3ccccc32)n1. The average Bonchev–Trinajstić information content (AvgIpc) is 2.82. The Labute approximate surface area is 110 Å². The average molecular weight is 251 g/mol. The van der Waals surface area contributed by atoms with Gasteiger partial charge in [0.05, 0.1) is 16.7 Å². The van der Waals surface area contributed by atoms with Gasteiger partial charge in [-0.15, -0.1) is 6.58 Å². The third kappa shape index (κ3) is 2.06. The van der Waals surface area contributed by atoms with Crippen LogP contribution in [0.2, 0.25) is 0 Å². The molecule has 5 nitrogen and oxygen atoms in total. The molecule has 5 heteroatoms. The molecule has 1 aromatic carbocycles. The molecule has 2 aromatic heterocycles. The zero-order chi connectivity index (χ0) is 13.2. The maximum Gasteiger partial charge on any atom is 0.237 e. The molecular weight excluding hydrogens is 238 g/mol. The van der Waals surface area contributed by atoms with Crippen LogP contribution in [-0.2, 0) is 6.42 Å². The number of aromatic nitrogens is 4. The van der Waals surface area contributed by atoms with E-state index < -0.39 is 0 Å². The molecule has 0 aliphatic heterocycles. The topological polar surface area (TPSA) is 69.6 Å². The molecule has 2 N–H and O–H groups in total. The molecule has 0 radical (unpaired) electrons. The lowest BCUT2D eigenvalue weighted by Gasteiger charge is -2.05. The van der Waals surface area contributed by atoms with Gasteiger partial charge in [-0.05, 0) is 12.1 Å². The van der Waals surface area contributed by atoms with Gasteiger partial charge in [-0.2, -0.15) is 4.98 Å². The molecule has 0 fully saturated rings. The standard InChI is InChI=1S/C14H13N5/c1-2-5-10-8-13(15)18-14(17-10)19-9-16-11-6-3-4-7-12(11)19/h2-4,6-9H,1,5H2,(H2,15,17,18). The van der Waals surface area contributed by atoms with E-state index in [0.29, 0.717) is 18.2 Å². The summed E-state index contributed by atoms with van der Waals surface area (Å²) in [6.45, 7) is 3.71. The number of nitrogen functional groups attached to an aromatic ring is 1. The van der Waals surface area contributed by atoms with Crippen LogP contribution in [0.4, 0.5) is 5.82 Å². The molecule has 19 heavy (non-hydrogen) atoms. The lowest BCUT2D eigenvalue weighted by molar-refractivity contribution is 0.922. The molecule has 3 aromatic rings. The minimum absolute atomic E-state index is 0.444. The molecule has 0 saturated carbocycles. The lowest BCUT2D eigenvalue weighted by atomic mass is 10.3. The van der Waals surface area contributed by atoms with Crippen LogP contribution in [0, 0.1) is 0 Å². The van der Waals surface area contributed by atoms with E-state index in [1.807, 2.05) is 28.8 Å². The molecule has 0 amide bonds. The molecule has 94 valence electrons. The van der Waals surface area contributed by atoms with Crippen molar-refractivity contribution in [2.24, 2.45) is 0 Å². The molecule has 0 saturated heterocycles. The van der Waals surface area contributed by atoms with Crippen molar-refractivity contribution >= 4 is 16.9 Å². The van der Waals surface area contributed by atoms with E-state index in [0.717, 1.165) is 16.7 Å². The number of imidazole rings is 1. The molecule has 0 aliphatic carbocycles. The number of rotatable bonds is 3. The van der Waals surface area contributed by atoms with E-state index in [4.69, 9.17) is 5.73 Å². The minimum Gasteiger partial charge on any atom is -0.384 e. The van der Waals surface area contributed by atoms with Crippen molar-refractivity contribution in [3.05, 3.63) is 55.0 Å². The van der Waals surface area contributed by atoms with Gasteiger partial charge in [-0.3, -0.25) is 4.57 Å². The van der Waals surface area contributed by atoms with Crippen molar-refractivity contribution in [2.45, 2.75) is 6.42 Å². The van der Waals surface area contributed by atoms with Crippen molar-refractivity contribution in [2.75, 3.05) is 5.73 Å². The Morgan fingerprint density at radius 2 is 2.11 bits per heavy atom. The van der Waals surface area contributed by atoms with Gasteiger partial charge in [-0.1, -0.05) is 18.2 Å². The summed E-state index contributed by atoms with van der Waals surface area (Å²) in [5.41, 5.74) is 8.52. The van der Waals surface area contributed by atoms with Crippen molar-refractivity contribution in [3.8, 4) is 5.95 Å². The summed E-state index contributed by atoms with van der Waals surface area (Å²) in [6, 6.07) is 9.58. The van der Waals surface area contributed by atoms with Crippen LogP contribution in [0.5, 0.6) is 0 Å². The van der Waals surface area contributed by atoms with Crippen LogP contribution >= 0.6 is 0 Å². The van der Waals surface area contributed by atoms with Gasteiger partial charge in [-0.25, -0.2) is 9.97 Å². The first kappa shape index (κ1) is 11.4. The summed E-state index contributed by atoms with van der Waals surface area (Å²) in [7, 11) is 0. The number of para-hydroxylation sites is 2. The van der Waals surface area contributed by atoms with Gasteiger partial charge in [0.2, 0.25) is 5.95 Å². The van der Waals surface area contributed by atoms with E-state index in [9.17, 15) is 0 Å². The summed E-state index contributed by atoms with van der Waals surface area (Å²) in [6.07, 6.45) is 4.15. The first-order chi connectivity index (χ1) is 9.28. The first-order valence-corrected chi connectivity index (χ1v) is 5.95. The van der Waals surface area contributed by atoms with Gasteiger partial charge < -0.3 is 5.73 Å². The van der Waals surface area contributed by atoms with Gasteiger partial charge in [0.15, 0.2) is 0 Å². The van der Waals surface area contributed by atoms with E-state index in [1.165, 1.54) is 0 Å². The summed E-state index contributed by atoms with van der Waals surface area (Å²) in [5, 5.41) is 0. The zero-order valence-corrected chi connectivity index (χ0v) is 10.3. The second kappa shape index (κ2) is 4.53. The van der Waals surface area contributed by atoms with Gasteiger partial charge >= 0.3 is 0 Å². The number of nitrogens with zero attached hydrogens (tertiary/aromatic N) is 4. The second-order valence-electron chi connectivity index (χ2n) is 4.18. The number of allylic oxidation sites excluding steroid dienone is 1. The fraction of sp³-hybridized carbons (Fsp3) is 0.0714. The summed E-state index contributed by atoms with van der Waals surface area (Å²) >= 11 is 0. The fourth-order valence-electron chi connectivity index (χ4n) is 1.98. The number of fused-ring (bicyclic) bond motifs is 1. The summed E-state index contributed by atoms with van der Waals surface area (Å²) < 4.78 is 1.83. The summed E-state index contributed by atoms with van der Waals surface area (Å²) in [5.74, 6) is 0.977. The normalized spacial score (nSPS) is 10.7. The number of benzene rings is 1. The minimum atomic E-state index is 0.444. The van der Waals surface area contributed by atoms with Gasteiger partial charge in [0.25, 0.3) is 0 Å². The first-order valence-electron chi connectivity index (χ1n) is 5.95. The maximum atomic E-state index is 5.82. The Morgan fingerprint density at radius 3 is 2.95 bits per heavy atom. The Morgan fingerprint density at radius 1 is 1.26 bits per heavy atom. The quantitative estimate of drug-likeness (QED) is 0.724. The Kier molecular flexibility index (Phi) is 2.72. The van der Waals surface area contributed by atoms with E-state index in [-0.39, 0.29) is 0 Å². The molecule has 2 heterocycles. The molecule has 0 atom stereocenters. The third-order valence-corrected chi connectivity index (χ3v) is 2.81. The highest BCUT2D eigenvalue weighted by atomic mass is 15.2. The van der Waals surface area contributed by atoms with Crippen LogP contribution in [-0.4, -0.2) is 19.5 Å². The van der Waals surface area contributed by atoms with Gasteiger partial charge in [0, 0.05) is 12.5 Å². The smallest absolute Gasteiger partial charge is 0.237 e. The number of hydrogen-bond donors (Lipinski definition) is 1. The van der Waals surface area contributed by atoms with Crippen molar-refractivity contribution in [1.82, 2.24) is 19.5 Å². The molecule has 0 spiro atoms. The van der Waals surface area contributed by atoms with Crippen molar-refractivity contribution in [1.29, 1.82) is 0 Å². The van der Waals surface area contributed by atoms with Crippen LogP contribution in [0.3, 0.4) is 0 Å². The third-order valence-electron chi connectivity index (χ3n) is 2.81. The molecule has 3 rings (SSSR count). The Bertz CT molecular complexity index is 744. The predicted octanol–water partition coefficient (Wildman–Crippen LogP) is 2.13. The van der Waals surface area contributed by atoms with Gasteiger partial charge in [0.1, 0.15) is 12.1 Å². The number of anilines is 1. The predicted molar refractivity (Wildman–Crippen MR) is 75.0 cm³/mol. The van der Waals surface area contributed by atoms with E-state index in [2.05, 4.69) is 21.5 Å². The maximum absolute atomic E-state index is 5.82. The van der Waals surface area contributed by atoms with E-state index in [1.54, 1.807) is 18.5 Å².